The molecule has 2 fully saturated rings. The van der Waals surface area contributed by atoms with Gasteiger partial charge < -0.3 is 15.2 Å². The molecule has 0 aromatic heterocycles. The molecule has 7 heteroatoms. The van der Waals surface area contributed by atoms with Gasteiger partial charge in [-0.25, -0.2) is 13.6 Å². The van der Waals surface area contributed by atoms with Crippen molar-refractivity contribution in [3.63, 3.8) is 0 Å². The number of likely N-dealkylation sites (tertiary alicyclic amines) is 1. The van der Waals surface area contributed by atoms with Crippen LogP contribution in [0.15, 0.2) is 66.7 Å². The van der Waals surface area contributed by atoms with E-state index in [1.807, 2.05) is 42.5 Å². The fourth-order valence-electron chi connectivity index (χ4n) is 5.18. The van der Waals surface area contributed by atoms with E-state index < -0.39 is 17.6 Å². The van der Waals surface area contributed by atoms with E-state index in [9.17, 15) is 13.6 Å². The molecular formula is C30H32F2N2O3. The zero-order valence-electron chi connectivity index (χ0n) is 20.7. The van der Waals surface area contributed by atoms with Crippen LogP contribution in [0, 0.1) is 17.6 Å². The number of rotatable bonds is 10. The number of nitrogens with one attached hydrogen (secondary N) is 1. The highest BCUT2D eigenvalue weighted by Crippen LogP contribution is 2.46. The molecule has 194 valence electrons. The molecule has 3 aromatic carbocycles. The number of carboxylic acid groups (broad SMARTS) is 1. The average Bonchev–Trinajstić information content (AvgIpc) is 3.68. The Bertz CT molecular complexity index is 1210. The fraction of sp³-hybridized carbons (Fsp3) is 0.367. The minimum Gasteiger partial charge on any atom is -0.486 e. The summed E-state index contributed by atoms with van der Waals surface area (Å²) >= 11 is 0. The third-order valence-corrected chi connectivity index (χ3v) is 7.44. The number of hydrogen-bond acceptors (Lipinski definition) is 4. The first kappa shape index (κ1) is 25.4. The predicted octanol–water partition coefficient (Wildman–Crippen LogP) is 5.60. The summed E-state index contributed by atoms with van der Waals surface area (Å²) in [5, 5.41) is 12.7. The lowest BCUT2D eigenvalue weighted by Gasteiger charge is -2.32. The Labute approximate surface area is 216 Å². The first-order valence-electron chi connectivity index (χ1n) is 12.9. The van der Waals surface area contributed by atoms with Gasteiger partial charge >= 0.3 is 5.97 Å². The molecule has 1 aliphatic heterocycles. The van der Waals surface area contributed by atoms with Crippen molar-refractivity contribution < 1.29 is 23.4 Å². The Kier molecular flexibility index (Phi) is 7.82. The zero-order valence-corrected chi connectivity index (χ0v) is 20.7. The van der Waals surface area contributed by atoms with Crippen molar-refractivity contribution in [2.45, 2.75) is 44.4 Å². The van der Waals surface area contributed by atoms with E-state index in [-0.39, 0.29) is 24.3 Å². The Hall–Kier alpha value is -3.29. The lowest BCUT2D eigenvalue weighted by Crippen LogP contribution is -2.37. The molecule has 1 saturated carbocycles. The lowest BCUT2D eigenvalue weighted by atomic mass is 9.96. The van der Waals surface area contributed by atoms with Crippen LogP contribution < -0.4 is 10.1 Å². The lowest BCUT2D eigenvalue weighted by molar-refractivity contribution is 0.0697. The van der Waals surface area contributed by atoms with Crippen molar-refractivity contribution in [3.8, 4) is 5.75 Å². The van der Waals surface area contributed by atoms with Crippen LogP contribution in [0.4, 0.5) is 8.78 Å². The zero-order chi connectivity index (χ0) is 25.8. The first-order valence-corrected chi connectivity index (χ1v) is 12.9. The summed E-state index contributed by atoms with van der Waals surface area (Å²) in [6.45, 7) is 3.94. The molecule has 2 N–H and O–H groups in total. The molecule has 2 aliphatic rings. The maximum absolute atomic E-state index is 14.6. The van der Waals surface area contributed by atoms with Gasteiger partial charge in [0, 0.05) is 30.1 Å². The molecule has 0 radical (unpaired) electrons. The predicted molar refractivity (Wildman–Crippen MR) is 138 cm³/mol. The Morgan fingerprint density at radius 1 is 1.00 bits per heavy atom. The highest BCUT2D eigenvalue weighted by Gasteiger charge is 2.41. The Morgan fingerprint density at radius 2 is 1.73 bits per heavy atom. The minimum atomic E-state index is -0.906. The largest absolute Gasteiger partial charge is 0.486 e. The molecule has 37 heavy (non-hydrogen) atoms. The second-order valence-corrected chi connectivity index (χ2v) is 10.2. The number of piperidine rings is 1. The van der Waals surface area contributed by atoms with Gasteiger partial charge in [0.15, 0.2) is 11.6 Å². The number of nitrogens with zero attached hydrogens (tertiary/aromatic N) is 1. The Morgan fingerprint density at radius 3 is 2.43 bits per heavy atom. The van der Waals surface area contributed by atoms with Crippen LogP contribution in [0.2, 0.25) is 0 Å². The van der Waals surface area contributed by atoms with E-state index in [1.54, 1.807) is 12.1 Å². The smallest absolute Gasteiger partial charge is 0.335 e. The second kappa shape index (κ2) is 11.4. The van der Waals surface area contributed by atoms with Gasteiger partial charge in [-0.15, -0.1) is 0 Å². The molecule has 5 rings (SSSR count). The molecule has 2 atom stereocenters. The summed E-state index contributed by atoms with van der Waals surface area (Å²) in [4.78, 5) is 13.4. The molecule has 0 amide bonds. The maximum Gasteiger partial charge on any atom is 0.335 e. The summed E-state index contributed by atoms with van der Waals surface area (Å²) < 4.78 is 34.5. The van der Waals surface area contributed by atoms with Gasteiger partial charge in [0.1, 0.15) is 12.4 Å². The van der Waals surface area contributed by atoms with E-state index in [0.29, 0.717) is 17.0 Å². The van der Waals surface area contributed by atoms with Gasteiger partial charge in [-0.05, 0) is 74.1 Å². The number of carboxylic acids is 1. The van der Waals surface area contributed by atoms with Crippen molar-refractivity contribution in [2.75, 3.05) is 19.6 Å². The molecule has 1 heterocycles. The maximum atomic E-state index is 14.6. The van der Waals surface area contributed by atoms with Gasteiger partial charge in [0.2, 0.25) is 0 Å². The van der Waals surface area contributed by atoms with Crippen LogP contribution in [0.25, 0.3) is 0 Å². The van der Waals surface area contributed by atoms with Crippen LogP contribution >= 0.6 is 0 Å². The van der Waals surface area contributed by atoms with E-state index in [1.165, 1.54) is 6.07 Å². The molecular weight excluding hydrogens is 474 g/mol. The number of benzene rings is 3. The van der Waals surface area contributed by atoms with E-state index in [0.717, 1.165) is 62.6 Å². The fourth-order valence-corrected chi connectivity index (χ4v) is 5.18. The van der Waals surface area contributed by atoms with Crippen LogP contribution in [-0.4, -0.2) is 41.7 Å². The minimum absolute atomic E-state index is 0.0461. The summed E-state index contributed by atoms with van der Waals surface area (Å²) in [7, 11) is 0. The monoisotopic (exact) mass is 506 g/mol. The number of ether oxygens (including phenoxy) is 1. The third-order valence-electron chi connectivity index (χ3n) is 7.44. The molecule has 0 bridgehead atoms. The first-order chi connectivity index (χ1) is 18.0. The number of halogens is 2. The number of hydrogen-bond donors (Lipinski definition) is 2. The highest BCUT2D eigenvalue weighted by atomic mass is 19.1. The van der Waals surface area contributed by atoms with Crippen LogP contribution in [0.1, 0.15) is 52.2 Å². The van der Waals surface area contributed by atoms with Gasteiger partial charge in [0.05, 0.1) is 5.56 Å². The van der Waals surface area contributed by atoms with Crippen molar-refractivity contribution in [3.05, 3.63) is 101 Å². The molecule has 0 spiro atoms. The topological polar surface area (TPSA) is 61.8 Å². The average molecular weight is 507 g/mol. The summed E-state index contributed by atoms with van der Waals surface area (Å²) in [6, 6.07) is 19.2. The van der Waals surface area contributed by atoms with Crippen LogP contribution in [0.5, 0.6) is 5.75 Å². The van der Waals surface area contributed by atoms with Gasteiger partial charge in [-0.1, -0.05) is 42.5 Å². The number of aromatic carboxylic acids is 1. The standard InChI is InChI=1S/C30H32F2N2O3/c31-24-14-26(29(27(32)15-24)37-19-22-4-2-1-3-5-22)25-16-28(25)33-17-20-10-12-34(13-11-20)18-21-6-8-23(9-7-21)30(35)36/h1-9,14-15,20,25,28,33H,10-13,16-19H2,(H,35,36)/t25-,28+/m0/s1. The van der Waals surface area contributed by atoms with E-state index in [2.05, 4.69) is 10.2 Å². The quantitative estimate of drug-likeness (QED) is 0.375. The molecule has 1 aliphatic carbocycles. The van der Waals surface area contributed by atoms with E-state index >= 15 is 0 Å². The highest BCUT2D eigenvalue weighted by molar-refractivity contribution is 5.87. The second-order valence-electron chi connectivity index (χ2n) is 10.2. The molecule has 3 aromatic rings. The summed E-state index contributed by atoms with van der Waals surface area (Å²) in [5.74, 6) is -1.37. The third kappa shape index (κ3) is 6.53. The van der Waals surface area contributed by atoms with Crippen molar-refractivity contribution in [1.29, 1.82) is 0 Å². The molecule has 5 nitrogen and oxygen atoms in total. The van der Waals surface area contributed by atoms with Gasteiger partial charge in [-0.3, -0.25) is 4.90 Å². The summed E-state index contributed by atoms with van der Waals surface area (Å²) in [5.41, 5.74) is 2.97. The van der Waals surface area contributed by atoms with Gasteiger partial charge in [0.25, 0.3) is 0 Å². The SMILES string of the molecule is O=C(O)c1ccc(CN2CCC(CN[C@@H]3C[C@H]3c3cc(F)cc(F)c3OCc3ccccc3)CC2)cc1. The Balaban J connectivity index is 1.10. The molecule has 1 saturated heterocycles. The number of carbonyl (C=O) groups is 1. The molecule has 0 unspecified atom stereocenters. The van der Waals surface area contributed by atoms with Crippen LogP contribution in [0.3, 0.4) is 0 Å². The summed E-state index contributed by atoms with van der Waals surface area (Å²) in [6.07, 6.45) is 3.00. The normalized spacial score (nSPS) is 20.1. The van der Waals surface area contributed by atoms with Gasteiger partial charge in [-0.2, -0.15) is 0 Å². The van der Waals surface area contributed by atoms with Crippen molar-refractivity contribution in [2.24, 2.45) is 5.92 Å². The van der Waals surface area contributed by atoms with Crippen molar-refractivity contribution >= 4 is 5.97 Å². The van der Waals surface area contributed by atoms with Crippen LogP contribution in [-0.2, 0) is 13.2 Å². The van der Waals surface area contributed by atoms with E-state index in [4.69, 9.17) is 9.84 Å². The van der Waals surface area contributed by atoms with Crippen molar-refractivity contribution in [1.82, 2.24) is 10.2 Å².